The third-order valence-corrected chi connectivity index (χ3v) is 3.40. The second-order valence-electron chi connectivity index (χ2n) is 4.60. The fourth-order valence-electron chi connectivity index (χ4n) is 2.28. The summed E-state index contributed by atoms with van der Waals surface area (Å²) in [4.78, 5) is 25.1. The van der Waals surface area contributed by atoms with E-state index in [4.69, 9.17) is 9.84 Å². The van der Waals surface area contributed by atoms with E-state index in [9.17, 15) is 9.59 Å². The lowest BCUT2D eigenvalue weighted by Crippen LogP contribution is -2.52. The van der Waals surface area contributed by atoms with Crippen LogP contribution >= 0.6 is 0 Å². The van der Waals surface area contributed by atoms with Gasteiger partial charge in [0.05, 0.1) is 24.5 Å². The second-order valence-corrected chi connectivity index (χ2v) is 4.60. The van der Waals surface area contributed by atoms with Crippen LogP contribution in [0.2, 0.25) is 0 Å². The van der Waals surface area contributed by atoms with E-state index in [-0.39, 0.29) is 19.1 Å². The summed E-state index contributed by atoms with van der Waals surface area (Å²) in [7, 11) is 1.76. The van der Waals surface area contributed by atoms with Crippen LogP contribution in [0.5, 0.6) is 0 Å². The summed E-state index contributed by atoms with van der Waals surface area (Å²) in [6.45, 7) is 4.21. The molecule has 0 saturated carbocycles. The van der Waals surface area contributed by atoms with Gasteiger partial charge in [-0.25, -0.2) is 4.79 Å². The standard InChI is InChI=1S/C12H17N3O4/c1-7-10(8(2)14(3)13-7)11(16)15-4-5-19-6-9(15)12(17)18/h9H,4-6H2,1-3H3,(H,17,18)/t9-/m0/s1. The Morgan fingerprint density at radius 3 is 2.63 bits per heavy atom. The molecule has 1 aromatic heterocycles. The molecule has 19 heavy (non-hydrogen) atoms. The fourth-order valence-corrected chi connectivity index (χ4v) is 2.28. The summed E-state index contributed by atoms with van der Waals surface area (Å²) in [6.07, 6.45) is 0. The molecule has 7 heteroatoms. The molecule has 1 aromatic rings. The van der Waals surface area contributed by atoms with E-state index in [1.54, 1.807) is 25.6 Å². The first-order chi connectivity index (χ1) is 8.93. The Morgan fingerprint density at radius 1 is 1.42 bits per heavy atom. The van der Waals surface area contributed by atoms with Crippen LogP contribution in [0.3, 0.4) is 0 Å². The zero-order chi connectivity index (χ0) is 14.2. The third-order valence-electron chi connectivity index (χ3n) is 3.40. The van der Waals surface area contributed by atoms with Crippen molar-refractivity contribution in [3.63, 3.8) is 0 Å². The van der Waals surface area contributed by atoms with Crippen LogP contribution in [0.4, 0.5) is 0 Å². The number of aliphatic carboxylic acids is 1. The minimum atomic E-state index is -1.05. The van der Waals surface area contributed by atoms with Crippen LogP contribution in [0.1, 0.15) is 21.7 Å². The maximum Gasteiger partial charge on any atom is 0.328 e. The average Bonchev–Trinajstić information content (AvgIpc) is 2.62. The molecular weight excluding hydrogens is 250 g/mol. The number of rotatable bonds is 2. The van der Waals surface area contributed by atoms with Gasteiger partial charge in [0.1, 0.15) is 0 Å². The minimum Gasteiger partial charge on any atom is -0.480 e. The Kier molecular flexibility index (Phi) is 3.57. The molecule has 1 aliphatic heterocycles. The number of aromatic nitrogens is 2. The normalized spacial score (nSPS) is 19.5. The van der Waals surface area contributed by atoms with Crippen LogP contribution < -0.4 is 0 Å². The van der Waals surface area contributed by atoms with Crippen LogP contribution in [0.25, 0.3) is 0 Å². The zero-order valence-corrected chi connectivity index (χ0v) is 11.2. The first-order valence-corrected chi connectivity index (χ1v) is 6.05. The van der Waals surface area contributed by atoms with Crippen molar-refractivity contribution in [1.29, 1.82) is 0 Å². The summed E-state index contributed by atoms with van der Waals surface area (Å²) in [5, 5.41) is 13.3. The van der Waals surface area contributed by atoms with Crippen molar-refractivity contribution < 1.29 is 19.4 Å². The van der Waals surface area contributed by atoms with Crippen LogP contribution in [0.15, 0.2) is 0 Å². The quantitative estimate of drug-likeness (QED) is 0.813. The smallest absolute Gasteiger partial charge is 0.328 e. The van der Waals surface area contributed by atoms with Crippen molar-refractivity contribution >= 4 is 11.9 Å². The van der Waals surface area contributed by atoms with Crippen LogP contribution in [0, 0.1) is 13.8 Å². The molecular formula is C12H17N3O4. The molecule has 1 amide bonds. The van der Waals surface area contributed by atoms with E-state index >= 15 is 0 Å². The summed E-state index contributed by atoms with van der Waals surface area (Å²) < 4.78 is 6.75. The molecule has 0 aliphatic carbocycles. The number of morpholine rings is 1. The molecule has 7 nitrogen and oxygen atoms in total. The van der Waals surface area contributed by atoms with E-state index in [1.807, 2.05) is 0 Å². The van der Waals surface area contributed by atoms with Gasteiger partial charge in [-0.2, -0.15) is 5.10 Å². The number of carbonyl (C=O) groups is 2. The molecule has 2 heterocycles. The van der Waals surface area contributed by atoms with E-state index in [0.29, 0.717) is 17.9 Å². The maximum atomic E-state index is 12.5. The lowest BCUT2D eigenvalue weighted by Gasteiger charge is -2.32. The number of ether oxygens (including phenoxy) is 1. The van der Waals surface area contributed by atoms with Gasteiger partial charge in [0.2, 0.25) is 0 Å². The van der Waals surface area contributed by atoms with Crippen LogP contribution in [-0.4, -0.2) is 57.5 Å². The molecule has 1 atom stereocenters. The predicted molar refractivity (Wildman–Crippen MR) is 66.0 cm³/mol. The maximum absolute atomic E-state index is 12.5. The molecule has 1 aliphatic rings. The predicted octanol–water partition coefficient (Wildman–Crippen LogP) is -0.0375. The number of carbonyl (C=O) groups excluding carboxylic acids is 1. The Balaban J connectivity index is 2.34. The van der Waals surface area contributed by atoms with Crippen molar-refractivity contribution in [1.82, 2.24) is 14.7 Å². The molecule has 2 rings (SSSR count). The van der Waals surface area contributed by atoms with Gasteiger partial charge >= 0.3 is 5.97 Å². The highest BCUT2D eigenvalue weighted by molar-refractivity contribution is 5.98. The topological polar surface area (TPSA) is 84.7 Å². The number of amides is 1. The SMILES string of the molecule is Cc1nn(C)c(C)c1C(=O)N1CCOC[C@H]1C(=O)O. The van der Waals surface area contributed by atoms with E-state index in [1.165, 1.54) is 4.90 Å². The van der Waals surface area contributed by atoms with E-state index in [0.717, 1.165) is 5.69 Å². The summed E-state index contributed by atoms with van der Waals surface area (Å²) in [5.74, 6) is -1.34. The van der Waals surface area contributed by atoms with Crippen molar-refractivity contribution in [2.45, 2.75) is 19.9 Å². The first-order valence-electron chi connectivity index (χ1n) is 6.05. The first kappa shape index (κ1) is 13.5. The lowest BCUT2D eigenvalue weighted by molar-refractivity contribution is -0.147. The number of hydrogen-bond donors (Lipinski definition) is 1. The monoisotopic (exact) mass is 267 g/mol. The van der Waals surface area contributed by atoms with Gasteiger partial charge < -0.3 is 14.7 Å². The average molecular weight is 267 g/mol. The Morgan fingerprint density at radius 2 is 2.11 bits per heavy atom. The second kappa shape index (κ2) is 5.00. The van der Waals surface area contributed by atoms with Gasteiger partial charge in [-0.3, -0.25) is 9.48 Å². The van der Waals surface area contributed by atoms with Crippen molar-refractivity contribution in [2.75, 3.05) is 19.8 Å². The van der Waals surface area contributed by atoms with Gasteiger partial charge in [0.25, 0.3) is 5.91 Å². The molecule has 0 unspecified atom stereocenters. The Labute approximate surface area is 110 Å². The van der Waals surface area contributed by atoms with Gasteiger partial charge in [0, 0.05) is 19.3 Å². The highest BCUT2D eigenvalue weighted by atomic mass is 16.5. The van der Waals surface area contributed by atoms with E-state index in [2.05, 4.69) is 5.10 Å². The van der Waals surface area contributed by atoms with Crippen molar-refractivity contribution in [3.05, 3.63) is 17.0 Å². The van der Waals surface area contributed by atoms with E-state index < -0.39 is 12.0 Å². The molecule has 0 aromatic carbocycles. The highest BCUT2D eigenvalue weighted by Crippen LogP contribution is 2.18. The van der Waals surface area contributed by atoms with Gasteiger partial charge in [-0.15, -0.1) is 0 Å². The molecule has 1 saturated heterocycles. The number of carboxylic acids is 1. The van der Waals surface area contributed by atoms with Gasteiger partial charge in [-0.1, -0.05) is 0 Å². The van der Waals surface area contributed by atoms with Crippen molar-refractivity contribution in [3.8, 4) is 0 Å². The molecule has 104 valence electrons. The highest BCUT2D eigenvalue weighted by Gasteiger charge is 2.35. The minimum absolute atomic E-state index is 0.0272. The number of nitrogens with zero attached hydrogens (tertiary/aromatic N) is 3. The molecule has 0 spiro atoms. The largest absolute Gasteiger partial charge is 0.480 e. The fraction of sp³-hybridized carbons (Fsp3) is 0.583. The van der Waals surface area contributed by atoms with Crippen molar-refractivity contribution in [2.24, 2.45) is 7.05 Å². The summed E-state index contributed by atoms with van der Waals surface area (Å²) in [5.41, 5.74) is 1.83. The Hall–Kier alpha value is -1.89. The number of aryl methyl sites for hydroxylation is 2. The third kappa shape index (κ3) is 2.33. The Bertz CT molecular complexity index is 523. The van der Waals surface area contributed by atoms with Gasteiger partial charge in [-0.05, 0) is 13.8 Å². The molecule has 0 bridgehead atoms. The molecule has 0 radical (unpaired) electrons. The molecule has 1 N–H and O–H groups in total. The number of carboxylic acid groups (broad SMARTS) is 1. The molecule has 1 fully saturated rings. The van der Waals surface area contributed by atoms with Crippen LogP contribution in [-0.2, 0) is 16.6 Å². The zero-order valence-electron chi connectivity index (χ0n) is 11.2. The summed E-state index contributed by atoms with van der Waals surface area (Å²) >= 11 is 0. The number of hydrogen-bond acceptors (Lipinski definition) is 4. The van der Waals surface area contributed by atoms with Gasteiger partial charge in [0.15, 0.2) is 6.04 Å². The summed E-state index contributed by atoms with van der Waals surface area (Å²) in [6, 6.07) is -0.930. The lowest BCUT2D eigenvalue weighted by atomic mass is 10.1.